The fourth-order valence-corrected chi connectivity index (χ4v) is 2.49. The lowest BCUT2D eigenvalue weighted by atomic mass is 10.1. The molecule has 0 atom stereocenters. The molecule has 0 fully saturated rings. The maximum absolute atomic E-state index is 12.5. The highest BCUT2D eigenvalue weighted by atomic mass is 31.2. The van der Waals surface area contributed by atoms with E-state index in [-0.39, 0.29) is 18.9 Å². The van der Waals surface area contributed by atoms with Crippen molar-refractivity contribution in [1.29, 1.82) is 0 Å². The van der Waals surface area contributed by atoms with Crippen LogP contribution in [0.2, 0.25) is 0 Å². The average molecular weight is 339 g/mol. The predicted octanol–water partition coefficient (Wildman–Crippen LogP) is 4.63. The van der Waals surface area contributed by atoms with E-state index in [1.807, 2.05) is 0 Å². The average Bonchev–Trinajstić information content (AvgIpc) is 2.45. The fourth-order valence-electron chi connectivity index (χ4n) is 1.46. The molecule has 0 aliphatic carbocycles. The lowest BCUT2D eigenvalue weighted by Crippen LogP contribution is -2.05. The summed E-state index contributed by atoms with van der Waals surface area (Å²) in [5.41, 5.74) is -0.125. The van der Waals surface area contributed by atoms with Gasteiger partial charge in [-0.1, -0.05) is 17.3 Å². The van der Waals surface area contributed by atoms with E-state index in [1.54, 1.807) is 13.8 Å². The van der Waals surface area contributed by atoms with Gasteiger partial charge in [0.15, 0.2) is 0 Å². The van der Waals surface area contributed by atoms with Crippen LogP contribution < -0.4 is 0 Å². The van der Waals surface area contributed by atoms with Gasteiger partial charge in [0.2, 0.25) is 0 Å². The summed E-state index contributed by atoms with van der Waals surface area (Å²) in [6.07, 6.45) is -4.40. The number of alkyl halides is 3. The first-order chi connectivity index (χ1) is 10.2. The first-order valence-electron chi connectivity index (χ1n) is 6.52. The molecule has 0 saturated carbocycles. The largest absolute Gasteiger partial charge is 0.550 e. The van der Waals surface area contributed by atoms with Gasteiger partial charge in [0.1, 0.15) is 0 Å². The van der Waals surface area contributed by atoms with Crippen LogP contribution in [0.3, 0.4) is 0 Å². The molecule has 0 aromatic heterocycles. The third-order valence-electron chi connectivity index (χ3n) is 2.48. The molecule has 9 heteroatoms. The minimum atomic E-state index is -4.40. The monoisotopic (exact) mass is 339 g/mol. The normalized spacial score (nSPS) is 13.3. The third-order valence-corrected chi connectivity index (χ3v) is 3.91. The fraction of sp³-hybridized carbons (Fsp3) is 0.462. The van der Waals surface area contributed by atoms with Crippen LogP contribution in [0.25, 0.3) is 0 Å². The van der Waals surface area contributed by atoms with E-state index < -0.39 is 19.6 Å². The van der Waals surface area contributed by atoms with Gasteiger partial charge in [0.25, 0.3) is 0 Å². The summed E-state index contributed by atoms with van der Waals surface area (Å²) in [6.45, 7) is 4.94. The van der Waals surface area contributed by atoms with Gasteiger partial charge in [0, 0.05) is 0 Å². The van der Waals surface area contributed by atoms with Gasteiger partial charge in [0.05, 0.1) is 24.5 Å². The van der Waals surface area contributed by atoms with Crippen LogP contribution in [0, 0.1) is 0 Å². The topological polar surface area (TPSA) is 57.1 Å². The Morgan fingerprint density at radius 2 is 1.64 bits per heavy atom. The second-order valence-electron chi connectivity index (χ2n) is 4.12. The van der Waals surface area contributed by atoms with E-state index in [0.29, 0.717) is 5.56 Å². The number of hydrogen-bond donors (Lipinski definition) is 0. The molecule has 0 N–H and O–H groups in total. The number of halogens is 3. The van der Waals surface area contributed by atoms with Gasteiger partial charge in [-0.2, -0.15) is 13.2 Å². The van der Waals surface area contributed by atoms with Gasteiger partial charge in [-0.25, -0.2) is 4.57 Å². The molecule has 0 amide bonds. The molecule has 0 aliphatic rings. The molecule has 0 heterocycles. The molecule has 0 unspecified atom stereocenters. The molecule has 1 aromatic rings. The molecule has 1 aromatic carbocycles. The number of benzene rings is 1. The van der Waals surface area contributed by atoms with Gasteiger partial charge < -0.3 is 0 Å². The Bertz CT molecular complexity index is 547. The Hall–Kier alpha value is -1.37. The number of phosphoric acid groups is 1. The zero-order valence-electron chi connectivity index (χ0n) is 12.4. The van der Waals surface area contributed by atoms with Gasteiger partial charge in [-0.15, -0.1) is 0 Å². The molecule has 0 spiro atoms. The quantitative estimate of drug-likeness (QED) is 0.413. The Morgan fingerprint density at radius 1 is 1.14 bits per heavy atom. The van der Waals surface area contributed by atoms with Crippen LogP contribution in [0.1, 0.15) is 31.9 Å². The first-order valence-corrected chi connectivity index (χ1v) is 7.98. The summed E-state index contributed by atoms with van der Waals surface area (Å²) in [4.78, 5) is 0. The number of hydrogen-bond acceptors (Lipinski definition) is 5. The summed E-state index contributed by atoms with van der Waals surface area (Å²) in [7, 11) is -3.80. The van der Waals surface area contributed by atoms with Crippen molar-refractivity contribution < 1.29 is 31.4 Å². The summed E-state index contributed by atoms with van der Waals surface area (Å²) >= 11 is 0. The van der Waals surface area contributed by atoms with E-state index in [4.69, 9.17) is 13.7 Å². The van der Waals surface area contributed by atoms with E-state index in [1.165, 1.54) is 19.1 Å². The number of oxime groups is 1. The maximum Gasteiger partial charge on any atom is 0.550 e. The van der Waals surface area contributed by atoms with Crippen molar-refractivity contribution in [3.8, 4) is 0 Å². The Morgan fingerprint density at radius 3 is 2.05 bits per heavy atom. The minimum absolute atomic E-state index is 0.103. The highest BCUT2D eigenvalue weighted by molar-refractivity contribution is 7.48. The number of nitrogens with zero attached hydrogens (tertiary/aromatic N) is 1. The first kappa shape index (κ1) is 18.7. The standard InChI is InChI=1S/C13H17F3NO4P/c1-4-19-22(18,20-5-2)21-17-10(3)11-6-8-12(9-7-11)13(14,15)16/h6-9H,4-5H2,1-3H3. The van der Waals surface area contributed by atoms with Gasteiger partial charge in [-0.3, -0.25) is 13.7 Å². The Labute approximate surface area is 126 Å². The van der Waals surface area contributed by atoms with E-state index >= 15 is 0 Å². The van der Waals surface area contributed by atoms with Crippen molar-refractivity contribution in [2.75, 3.05) is 13.2 Å². The van der Waals surface area contributed by atoms with Crippen LogP contribution in [0.4, 0.5) is 13.2 Å². The molecular formula is C13H17F3NO4P. The second kappa shape index (κ2) is 7.76. The van der Waals surface area contributed by atoms with Crippen LogP contribution >= 0.6 is 7.82 Å². The molecule has 22 heavy (non-hydrogen) atoms. The summed E-state index contributed by atoms with van der Waals surface area (Å²) in [5.74, 6) is 0. The molecule has 0 saturated heterocycles. The number of rotatable bonds is 7. The lowest BCUT2D eigenvalue weighted by Gasteiger charge is -2.13. The highest BCUT2D eigenvalue weighted by Gasteiger charge is 2.30. The summed E-state index contributed by atoms with van der Waals surface area (Å²) in [6, 6.07) is 4.35. The Balaban J connectivity index is 2.86. The van der Waals surface area contributed by atoms with Gasteiger partial charge in [-0.05, 0) is 38.5 Å². The predicted molar refractivity (Wildman–Crippen MR) is 75.6 cm³/mol. The van der Waals surface area contributed by atoms with Gasteiger partial charge >= 0.3 is 14.0 Å². The summed E-state index contributed by atoms with van der Waals surface area (Å²) in [5, 5.41) is 3.62. The molecule has 0 radical (unpaired) electrons. The Kier molecular flexibility index (Phi) is 6.59. The minimum Gasteiger partial charge on any atom is -0.292 e. The van der Waals surface area contributed by atoms with Crippen LogP contribution in [0.5, 0.6) is 0 Å². The third kappa shape index (κ3) is 5.44. The molecular weight excluding hydrogens is 322 g/mol. The van der Waals surface area contributed by atoms with E-state index in [2.05, 4.69) is 5.16 Å². The summed E-state index contributed by atoms with van der Waals surface area (Å²) < 4.78 is 64.0. The highest BCUT2D eigenvalue weighted by Crippen LogP contribution is 2.49. The zero-order valence-corrected chi connectivity index (χ0v) is 13.3. The van der Waals surface area contributed by atoms with E-state index in [0.717, 1.165) is 12.1 Å². The maximum atomic E-state index is 12.5. The van der Waals surface area contributed by atoms with Crippen molar-refractivity contribution in [2.24, 2.45) is 5.16 Å². The van der Waals surface area contributed by atoms with Crippen LogP contribution in [0.15, 0.2) is 29.4 Å². The zero-order chi connectivity index (χ0) is 16.8. The number of phosphoric ester groups is 1. The van der Waals surface area contributed by atoms with Crippen LogP contribution in [-0.2, 0) is 24.4 Å². The second-order valence-corrected chi connectivity index (χ2v) is 5.69. The molecule has 5 nitrogen and oxygen atoms in total. The van der Waals surface area contributed by atoms with Crippen LogP contribution in [-0.4, -0.2) is 18.9 Å². The van der Waals surface area contributed by atoms with Crippen molar-refractivity contribution >= 4 is 13.5 Å². The van der Waals surface area contributed by atoms with Crippen molar-refractivity contribution in [3.05, 3.63) is 35.4 Å². The van der Waals surface area contributed by atoms with Crippen molar-refractivity contribution in [3.63, 3.8) is 0 Å². The van der Waals surface area contributed by atoms with Crippen molar-refractivity contribution in [2.45, 2.75) is 26.9 Å². The SMILES string of the molecule is CCOP(=O)(OCC)ON=C(C)c1ccc(C(F)(F)F)cc1. The molecule has 0 aliphatic heterocycles. The molecule has 124 valence electrons. The smallest absolute Gasteiger partial charge is 0.292 e. The molecule has 1 rings (SSSR count). The lowest BCUT2D eigenvalue weighted by molar-refractivity contribution is -0.137. The van der Waals surface area contributed by atoms with E-state index in [9.17, 15) is 17.7 Å². The molecule has 0 bridgehead atoms. The van der Waals surface area contributed by atoms with Crippen molar-refractivity contribution in [1.82, 2.24) is 0 Å².